The van der Waals surface area contributed by atoms with E-state index in [4.69, 9.17) is 9.84 Å². The van der Waals surface area contributed by atoms with E-state index in [1.54, 1.807) is 29.0 Å². The highest BCUT2D eigenvalue weighted by Gasteiger charge is 2.38. The lowest BCUT2D eigenvalue weighted by atomic mass is 9.95. The topological polar surface area (TPSA) is 87.2 Å². The van der Waals surface area contributed by atoms with Crippen LogP contribution < -0.4 is 9.64 Å². The second-order valence-corrected chi connectivity index (χ2v) is 6.54. The molecule has 0 radical (unpaired) electrons. The van der Waals surface area contributed by atoms with Gasteiger partial charge in [0.15, 0.2) is 0 Å². The van der Waals surface area contributed by atoms with Gasteiger partial charge in [0.25, 0.3) is 0 Å². The van der Waals surface area contributed by atoms with Crippen molar-refractivity contribution in [1.29, 1.82) is 0 Å². The number of carbonyl (C=O) groups is 3. The Hall–Kier alpha value is -2.57. The van der Waals surface area contributed by atoms with E-state index in [0.717, 1.165) is 5.69 Å². The van der Waals surface area contributed by atoms with Crippen LogP contribution in [-0.4, -0.2) is 54.5 Å². The van der Waals surface area contributed by atoms with Crippen LogP contribution in [0.4, 0.5) is 5.69 Å². The molecule has 0 bridgehead atoms. The number of likely N-dealkylation sites (tertiary alicyclic amines) is 1. The van der Waals surface area contributed by atoms with Crippen molar-refractivity contribution < 1.29 is 24.2 Å². The highest BCUT2D eigenvalue weighted by atomic mass is 16.5. The summed E-state index contributed by atoms with van der Waals surface area (Å²) in [5.41, 5.74) is 0.755. The molecular formula is C18H22N2O5. The molecule has 0 saturated carbocycles. The molecule has 25 heavy (non-hydrogen) atoms. The molecule has 0 unspecified atom stereocenters. The molecule has 1 N–H and O–H groups in total. The van der Waals surface area contributed by atoms with Crippen molar-refractivity contribution in [2.75, 3.05) is 31.6 Å². The molecule has 7 heteroatoms. The van der Waals surface area contributed by atoms with Crippen LogP contribution in [0.15, 0.2) is 24.3 Å². The summed E-state index contributed by atoms with van der Waals surface area (Å²) in [6, 6.07) is 7.19. The van der Waals surface area contributed by atoms with Crippen molar-refractivity contribution in [3.05, 3.63) is 24.3 Å². The zero-order chi connectivity index (χ0) is 18.0. The number of methoxy groups -OCH3 is 1. The lowest BCUT2D eigenvalue weighted by Gasteiger charge is -2.31. The maximum Gasteiger partial charge on any atom is 0.306 e. The highest BCUT2D eigenvalue weighted by molar-refractivity contribution is 6.00. The quantitative estimate of drug-likeness (QED) is 0.890. The van der Waals surface area contributed by atoms with Crippen LogP contribution in [0, 0.1) is 11.8 Å². The summed E-state index contributed by atoms with van der Waals surface area (Å²) >= 11 is 0. The molecule has 2 fully saturated rings. The van der Waals surface area contributed by atoms with Crippen molar-refractivity contribution in [1.82, 2.24) is 4.90 Å². The third-order valence-corrected chi connectivity index (χ3v) is 5.01. The molecule has 0 aromatic heterocycles. The van der Waals surface area contributed by atoms with Crippen molar-refractivity contribution >= 4 is 23.5 Å². The van der Waals surface area contributed by atoms with E-state index in [1.807, 2.05) is 12.1 Å². The SMILES string of the molecule is COc1ccc(N2C[C@@H](C(=O)N3CCC(C(=O)O)CC3)CC2=O)cc1. The summed E-state index contributed by atoms with van der Waals surface area (Å²) in [6.07, 6.45) is 1.15. The van der Waals surface area contributed by atoms with Gasteiger partial charge in [-0.1, -0.05) is 0 Å². The van der Waals surface area contributed by atoms with E-state index in [-0.39, 0.29) is 30.1 Å². The van der Waals surface area contributed by atoms with E-state index in [2.05, 4.69) is 0 Å². The zero-order valence-electron chi connectivity index (χ0n) is 14.2. The molecule has 7 nitrogen and oxygen atoms in total. The Bertz CT molecular complexity index is 665. The summed E-state index contributed by atoms with van der Waals surface area (Å²) in [6.45, 7) is 1.26. The number of hydrogen-bond donors (Lipinski definition) is 1. The smallest absolute Gasteiger partial charge is 0.306 e. The van der Waals surface area contributed by atoms with Crippen LogP contribution in [0.5, 0.6) is 5.75 Å². The first-order valence-corrected chi connectivity index (χ1v) is 8.45. The van der Waals surface area contributed by atoms with Gasteiger partial charge in [-0.15, -0.1) is 0 Å². The zero-order valence-corrected chi connectivity index (χ0v) is 14.2. The molecule has 2 aliphatic rings. The first kappa shape index (κ1) is 17.3. The number of carbonyl (C=O) groups excluding carboxylic acids is 2. The van der Waals surface area contributed by atoms with Gasteiger partial charge in [0.1, 0.15) is 5.75 Å². The van der Waals surface area contributed by atoms with Gasteiger partial charge in [0.2, 0.25) is 11.8 Å². The van der Waals surface area contributed by atoms with E-state index in [9.17, 15) is 14.4 Å². The Labute approximate surface area is 146 Å². The summed E-state index contributed by atoms with van der Waals surface area (Å²) in [4.78, 5) is 39.3. The lowest BCUT2D eigenvalue weighted by Crippen LogP contribution is -2.43. The summed E-state index contributed by atoms with van der Waals surface area (Å²) in [5, 5.41) is 9.04. The number of rotatable bonds is 4. The Kier molecular flexibility index (Phi) is 4.92. The van der Waals surface area contributed by atoms with Gasteiger partial charge < -0.3 is 19.6 Å². The number of benzene rings is 1. The molecule has 2 heterocycles. The first-order chi connectivity index (χ1) is 12.0. The third-order valence-electron chi connectivity index (χ3n) is 5.01. The average molecular weight is 346 g/mol. The van der Waals surface area contributed by atoms with Gasteiger partial charge in [-0.25, -0.2) is 0 Å². The maximum atomic E-state index is 12.7. The largest absolute Gasteiger partial charge is 0.497 e. The van der Waals surface area contributed by atoms with E-state index in [0.29, 0.717) is 38.2 Å². The van der Waals surface area contributed by atoms with Crippen LogP contribution >= 0.6 is 0 Å². The van der Waals surface area contributed by atoms with Crippen LogP contribution in [0.1, 0.15) is 19.3 Å². The van der Waals surface area contributed by atoms with Gasteiger partial charge in [-0.2, -0.15) is 0 Å². The van der Waals surface area contributed by atoms with E-state index < -0.39 is 5.97 Å². The van der Waals surface area contributed by atoms with Gasteiger partial charge in [-0.3, -0.25) is 14.4 Å². The van der Waals surface area contributed by atoms with Crippen LogP contribution in [0.2, 0.25) is 0 Å². The molecule has 1 aromatic carbocycles. The van der Waals surface area contributed by atoms with Crippen LogP contribution in [-0.2, 0) is 14.4 Å². The molecule has 3 rings (SSSR count). The van der Waals surface area contributed by atoms with Crippen LogP contribution in [0.25, 0.3) is 0 Å². The summed E-state index contributed by atoms with van der Waals surface area (Å²) in [5.74, 6) is -0.934. The Morgan fingerprint density at radius 2 is 1.76 bits per heavy atom. The number of carboxylic acids is 1. The number of nitrogens with zero attached hydrogens (tertiary/aromatic N) is 2. The minimum Gasteiger partial charge on any atom is -0.497 e. The number of piperidine rings is 1. The fourth-order valence-electron chi connectivity index (χ4n) is 3.49. The molecule has 2 saturated heterocycles. The van der Waals surface area contributed by atoms with E-state index in [1.165, 1.54) is 0 Å². The van der Waals surface area contributed by atoms with Gasteiger partial charge >= 0.3 is 5.97 Å². The minimum atomic E-state index is -0.797. The van der Waals surface area contributed by atoms with Crippen LogP contribution in [0.3, 0.4) is 0 Å². The van der Waals surface area contributed by atoms with Crippen molar-refractivity contribution in [2.45, 2.75) is 19.3 Å². The van der Waals surface area contributed by atoms with Gasteiger partial charge in [0.05, 0.1) is 18.9 Å². The number of anilines is 1. The minimum absolute atomic E-state index is 0.0480. The monoisotopic (exact) mass is 346 g/mol. The van der Waals surface area contributed by atoms with Crippen molar-refractivity contribution in [3.63, 3.8) is 0 Å². The number of ether oxygens (including phenoxy) is 1. The predicted octanol–water partition coefficient (Wildman–Crippen LogP) is 1.37. The second-order valence-electron chi connectivity index (χ2n) is 6.54. The molecule has 0 spiro atoms. The average Bonchev–Trinajstić information content (AvgIpc) is 3.03. The highest BCUT2D eigenvalue weighted by Crippen LogP contribution is 2.29. The Morgan fingerprint density at radius 1 is 1.12 bits per heavy atom. The van der Waals surface area contributed by atoms with Crippen molar-refractivity contribution in [2.24, 2.45) is 11.8 Å². The van der Waals surface area contributed by atoms with Gasteiger partial charge in [0, 0.05) is 31.7 Å². The maximum absolute atomic E-state index is 12.7. The van der Waals surface area contributed by atoms with Gasteiger partial charge in [-0.05, 0) is 37.1 Å². The summed E-state index contributed by atoms with van der Waals surface area (Å²) < 4.78 is 5.12. The number of amides is 2. The normalized spacial score (nSPS) is 21.5. The second kappa shape index (κ2) is 7.13. The molecule has 134 valence electrons. The number of hydrogen-bond acceptors (Lipinski definition) is 4. The van der Waals surface area contributed by atoms with E-state index >= 15 is 0 Å². The standard InChI is InChI=1S/C18H22N2O5/c1-25-15-4-2-14(3-5-15)20-11-13(10-16(20)21)17(22)19-8-6-12(7-9-19)18(23)24/h2-5,12-13H,6-11H2,1H3,(H,23,24)/t13-/m0/s1. The molecule has 2 aliphatic heterocycles. The predicted molar refractivity (Wildman–Crippen MR) is 90.4 cm³/mol. The molecule has 2 amide bonds. The third kappa shape index (κ3) is 3.60. The Balaban J connectivity index is 1.62. The molecule has 0 aliphatic carbocycles. The lowest BCUT2D eigenvalue weighted by molar-refractivity contribution is -0.146. The first-order valence-electron chi connectivity index (χ1n) is 8.45. The molecular weight excluding hydrogens is 324 g/mol. The van der Waals surface area contributed by atoms with Crippen molar-refractivity contribution in [3.8, 4) is 5.75 Å². The molecule has 1 atom stereocenters. The molecule has 1 aromatic rings. The summed E-state index contributed by atoms with van der Waals surface area (Å²) in [7, 11) is 1.58. The number of carboxylic acid groups (broad SMARTS) is 1. The number of aliphatic carboxylic acids is 1. The fraction of sp³-hybridized carbons (Fsp3) is 0.500. The Morgan fingerprint density at radius 3 is 2.32 bits per heavy atom. The fourth-order valence-corrected chi connectivity index (χ4v) is 3.49.